The van der Waals surface area contributed by atoms with Crippen molar-refractivity contribution in [2.75, 3.05) is 7.05 Å². The average molecular weight is 414 g/mol. The van der Waals surface area contributed by atoms with Gasteiger partial charge in [-0.25, -0.2) is 17.1 Å². The zero-order valence-electron chi connectivity index (χ0n) is 13.7. The van der Waals surface area contributed by atoms with Crippen LogP contribution in [0.25, 0.3) is 0 Å². The van der Waals surface area contributed by atoms with Gasteiger partial charge in [0.15, 0.2) is 0 Å². The van der Waals surface area contributed by atoms with Crippen LogP contribution in [0.3, 0.4) is 0 Å². The summed E-state index contributed by atoms with van der Waals surface area (Å²) in [4.78, 5) is 12.5. The third-order valence-electron chi connectivity index (χ3n) is 3.67. The van der Waals surface area contributed by atoms with Crippen molar-refractivity contribution in [2.24, 2.45) is 0 Å². The lowest BCUT2D eigenvalue weighted by Crippen LogP contribution is -2.34. The van der Waals surface area contributed by atoms with Crippen molar-refractivity contribution in [1.82, 2.24) is 4.31 Å². The van der Waals surface area contributed by atoms with Gasteiger partial charge in [0.25, 0.3) is 15.9 Å². The molecule has 0 aliphatic heterocycles. The summed E-state index contributed by atoms with van der Waals surface area (Å²) in [6.07, 6.45) is 0. The monoisotopic (exact) mass is 413 g/mol. The number of hydrogen-bond acceptors (Lipinski definition) is 3. The fourth-order valence-electron chi connectivity index (χ4n) is 2.65. The third-order valence-corrected chi connectivity index (χ3v) is 6.21. The minimum absolute atomic E-state index is 0.0708. The van der Waals surface area contributed by atoms with Gasteiger partial charge in [0.1, 0.15) is 5.82 Å². The predicted octanol–water partition coefficient (Wildman–Crippen LogP) is 3.97. The van der Waals surface area contributed by atoms with Crippen LogP contribution in [0.1, 0.15) is 27.0 Å². The van der Waals surface area contributed by atoms with Crippen LogP contribution in [0, 0.1) is 26.6 Å². The molecule has 0 saturated carbocycles. The van der Waals surface area contributed by atoms with Crippen molar-refractivity contribution in [3.05, 3.63) is 62.9 Å². The van der Waals surface area contributed by atoms with E-state index in [1.54, 1.807) is 26.0 Å². The second-order valence-electron chi connectivity index (χ2n) is 5.63. The molecule has 24 heavy (non-hydrogen) atoms. The molecule has 0 N–H and O–H groups in total. The normalized spacial score (nSPS) is 11.4. The molecule has 0 saturated heterocycles. The topological polar surface area (TPSA) is 54.5 Å². The quantitative estimate of drug-likeness (QED) is 0.764. The van der Waals surface area contributed by atoms with Crippen molar-refractivity contribution >= 4 is 31.9 Å². The van der Waals surface area contributed by atoms with E-state index in [1.165, 1.54) is 12.1 Å². The number of carbonyl (C=O) groups excluding carboxylic acids is 1. The molecule has 2 aromatic carbocycles. The van der Waals surface area contributed by atoms with Gasteiger partial charge in [-0.1, -0.05) is 33.6 Å². The zero-order chi connectivity index (χ0) is 18.2. The van der Waals surface area contributed by atoms with Crippen LogP contribution in [0.15, 0.2) is 39.7 Å². The van der Waals surface area contributed by atoms with Crippen LogP contribution in [-0.4, -0.2) is 25.7 Å². The lowest BCUT2D eigenvalue weighted by molar-refractivity contribution is 0.0878. The number of rotatable bonds is 3. The fraction of sp³-hybridized carbons (Fsp3) is 0.235. The molecule has 4 nitrogen and oxygen atoms in total. The molecule has 0 atom stereocenters. The van der Waals surface area contributed by atoms with Gasteiger partial charge in [-0.2, -0.15) is 0 Å². The van der Waals surface area contributed by atoms with Crippen LogP contribution >= 0.6 is 15.9 Å². The number of aryl methyl sites for hydroxylation is 3. The Morgan fingerprint density at radius 2 is 1.62 bits per heavy atom. The molecule has 0 aromatic heterocycles. The lowest BCUT2D eigenvalue weighted by Gasteiger charge is -2.21. The first-order valence-corrected chi connectivity index (χ1v) is 9.35. The highest BCUT2D eigenvalue weighted by Gasteiger charge is 2.30. The summed E-state index contributed by atoms with van der Waals surface area (Å²) in [6, 6.07) is 7.33. The van der Waals surface area contributed by atoms with Crippen LogP contribution in [0.4, 0.5) is 4.39 Å². The molecule has 0 aliphatic carbocycles. The minimum atomic E-state index is -4.09. The van der Waals surface area contributed by atoms with Gasteiger partial charge < -0.3 is 0 Å². The Hall–Kier alpha value is -1.73. The van der Waals surface area contributed by atoms with E-state index in [4.69, 9.17) is 0 Å². The van der Waals surface area contributed by atoms with Gasteiger partial charge in [-0.05, 0) is 50.1 Å². The summed E-state index contributed by atoms with van der Waals surface area (Å²) in [6.45, 7) is 5.21. The van der Waals surface area contributed by atoms with E-state index in [-0.39, 0.29) is 10.5 Å². The van der Waals surface area contributed by atoms with Crippen molar-refractivity contribution in [3.8, 4) is 0 Å². The Morgan fingerprint density at radius 3 is 2.12 bits per heavy atom. The van der Waals surface area contributed by atoms with Gasteiger partial charge in [-0.3, -0.25) is 4.79 Å². The Bertz CT molecular complexity index is 902. The SMILES string of the molecule is Cc1cc(C)c(S(=O)(=O)N(C)C(=O)c2ccc(Br)cc2F)c(C)c1. The molecule has 0 bridgehead atoms. The van der Waals surface area contributed by atoms with Crippen molar-refractivity contribution in [3.63, 3.8) is 0 Å². The van der Waals surface area contributed by atoms with Crippen molar-refractivity contribution in [2.45, 2.75) is 25.7 Å². The highest BCUT2D eigenvalue weighted by Crippen LogP contribution is 2.26. The summed E-state index contributed by atoms with van der Waals surface area (Å²) in [7, 11) is -2.95. The largest absolute Gasteiger partial charge is 0.270 e. The molecule has 0 spiro atoms. The maximum Gasteiger partial charge on any atom is 0.270 e. The summed E-state index contributed by atoms with van der Waals surface area (Å²) >= 11 is 3.10. The standard InChI is InChI=1S/C17H17BrFNO3S/c1-10-7-11(2)16(12(3)8-10)24(22,23)20(4)17(21)14-6-5-13(18)9-15(14)19/h5-9H,1-4H3. The second-order valence-corrected chi connectivity index (χ2v) is 8.45. The summed E-state index contributed by atoms with van der Waals surface area (Å²) in [5.74, 6) is -1.70. The highest BCUT2D eigenvalue weighted by atomic mass is 79.9. The van der Waals surface area contributed by atoms with Gasteiger partial charge in [0.05, 0.1) is 10.5 Å². The Labute approximate surface area is 149 Å². The average Bonchev–Trinajstić information content (AvgIpc) is 2.44. The maximum absolute atomic E-state index is 14.0. The van der Waals surface area contributed by atoms with Gasteiger partial charge >= 0.3 is 0 Å². The number of hydrogen-bond donors (Lipinski definition) is 0. The Kier molecular flexibility index (Phi) is 5.15. The molecule has 0 fully saturated rings. The second kappa shape index (κ2) is 6.64. The van der Waals surface area contributed by atoms with Crippen LogP contribution in [0.2, 0.25) is 0 Å². The number of benzene rings is 2. The van der Waals surface area contributed by atoms with E-state index in [2.05, 4.69) is 15.9 Å². The van der Waals surface area contributed by atoms with E-state index < -0.39 is 21.7 Å². The smallest absolute Gasteiger partial charge is 0.268 e. The molecule has 7 heteroatoms. The summed E-state index contributed by atoms with van der Waals surface area (Å²) in [5.41, 5.74) is 1.72. The maximum atomic E-state index is 14.0. The molecule has 128 valence electrons. The third kappa shape index (κ3) is 3.37. The lowest BCUT2D eigenvalue weighted by atomic mass is 10.1. The molecular formula is C17H17BrFNO3S. The first-order valence-electron chi connectivity index (χ1n) is 7.12. The van der Waals surface area contributed by atoms with E-state index in [1.807, 2.05) is 6.92 Å². The number of halogens is 2. The van der Waals surface area contributed by atoms with Crippen molar-refractivity contribution in [1.29, 1.82) is 0 Å². The van der Waals surface area contributed by atoms with E-state index in [0.29, 0.717) is 19.9 Å². The Balaban J connectivity index is 2.52. The molecule has 0 unspecified atom stereocenters. The molecule has 0 heterocycles. The highest BCUT2D eigenvalue weighted by molar-refractivity contribution is 9.10. The van der Waals surface area contributed by atoms with Gasteiger partial charge in [0.2, 0.25) is 0 Å². The number of sulfonamides is 1. The molecular weight excluding hydrogens is 397 g/mol. The molecule has 1 amide bonds. The number of amides is 1. The number of carbonyl (C=O) groups is 1. The number of nitrogens with zero attached hydrogens (tertiary/aromatic N) is 1. The minimum Gasteiger partial charge on any atom is -0.268 e. The molecule has 2 aromatic rings. The molecule has 0 aliphatic rings. The first kappa shape index (κ1) is 18.6. The Morgan fingerprint density at radius 1 is 1.08 bits per heavy atom. The molecule has 0 radical (unpaired) electrons. The predicted molar refractivity (Wildman–Crippen MR) is 94.0 cm³/mol. The van der Waals surface area contributed by atoms with Gasteiger partial charge in [0, 0.05) is 11.5 Å². The fourth-order valence-corrected chi connectivity index (χ4v) is 4.51. The van der Waals surface area contributed by atoms with Crippen molar-refractivity contribution < 1.29 is 17.6 Å². The van der Waals surface area contributed by atoms with Crippen LogP contribution in [0.5, 0.6) is 0 Å². The zero-order valence-corrected chi connectivity index (χ0v) is 16.1. The first-order chi connectivity index (χ1) is 11.1. The van der Waals surface area contributed by atoms with E-state index in [0.717, 1.165) is 18.7 Å². The van der Waals surface area contributed by atoms with E-state index >= 15 is 0 Å². The van der Waals surface area contributed by atoms with Crippen LogP contribution < -0.4 is 0 Å². The van der Waals surface area contributed by atoms with Crippen LogP contribution in [-0.2, 0) is 10.0 Å². The van der Waals surface area contributed by atoms with Gasteiger partial charge in [-0.15, -0.1) is 0 Å². The van der Waals surface area contributed by atoms with E-state index in [9.17, 15) is 17.6 Å². The summed E-state index contributed by atoms with van der Waals surface area (Å²) < 4.78 is 40.7. The summed E-state index contributed by atoms with van der Waals surface area (Å²) in [5, 5.41) is 0. The molecule has 2 rings (SSSR count).